The Morgan fingerprint density at radius 1 is 1.15 bits per heavy atom. The highest BCUT2D eigenvalue weighted by Crippen LogP contribution is 2.31. The van der Waals surface area contributed by atoms with Gasteiger partial charge in [0.15, 0.2) is 0 Å². The van der Waals surface area contributed by atoms with E-state index in [9.17, 15) is 4.79 Å². The molecule has 0 heterocycles. The third-order valence-corrected chi connectivity index (χ3v) is 3.19. The Hall–Kier alpha value is -2.33. The van der Waals surface area contributed by atoms with Gasteiger partial charge in [-0.15, -0.1) is 0 Å². The molecule has 3 N–H and O–H groups in total. The third-order valence-electron chi connectivity index (χ3n) is 3.19. The average Bonchev–Trinajstić information content (AvgIpc) is 2.49. The van der Waals surface area contributed by atoms with Gasteiger partial charge in [-0.3, -0.25) is 0 Å². The Morgan fingerprint density at radius 3 is 2.45 bits per heavy atom. The largest absolute Gasteiger partial charge is 0.392 e. The van der Waals surface area contributed by atoms with E-state index in [1.54, 1.807) is 7.05 Å². The molecular formula is C16H18N2O2. The molecule has 0 unspecified atom stereocenters. The number of para-hydroxylation sites is 1. The second-order valence-electron chi connectivity index (χ2n) is 4.56. The molecule has 0 bridgehead atoms. The van der Waals surface area contributed by atoms with E-state index >= 15 is 0 Å². The summed E-state index contributed by atoms with van der Waals surface area (Å²) >= 11 is 0. The number of hydrogen-bond acceptors (Lipinski definition) is 2. The van der Waals surface area contributed by atoms with Gasteiger partial charge in [-0.25, -0.2) is 4.79 Å². The van der Waals surface area contributed by atoms with Gasteiger partial charge >= 0.3 is 6.03 Å². The van der Waals surface area contributed by atoms with E-state index in [4.69, 9.17) is 5.11 Å². The minimum absolute atomic E-state index is 0.0252. The summed E-state index contributed by atoms with van der Waals surface area (Å²) < 4.78 is 0. The zero-order valence-corrected chi connectivity index (χ0v) is 11.6. The molecule has 4 nitrogen and oxygen atoms in total. The van der Waals surface area contributed by atoms with Crippen LogP contribution in [0.15, 0.2) is 42.5 Å². The first-order valence-corrected chi connectivity index (χ1v) is 6.44. The number of urea groups is 1. The van der Waals surface area contributed by atoms with Gasteiger partial charge in [-0.1, -0.05) is 42.5 Å². The molecule has 2 aromatic carbocycles. The first-order valence-electron chi connectivity index (χ1n) is 6.44. The number of hydrogen-bond donors (Lipinski definition) is 3. The van der Waals surface area contributed by atoms with Crippen LogP contribution in [0.25, 0.3) is 11.1 Å². The van der Waals surface area contributed by atoms with Crippen molar-refractivity contribution >= 4 is 11.7 Å². The number of aliphatic hydroxyl groups excluding tert-OH is 1. The number of amides is 2. The summed E-state index contributed by atoms with van der Waals surface area (Å²) in [7, 11) is 1.59. The van der Waals surface area contributed by atoms with Crippen LogP contribution in [0.3, 0.4) is 0 Å². The number of carbonyl (C=O) groups excluding carboxylic acids is 1. The second kappa shape index (κ2) is 6.21. The highest BCUT2D eigenvalue weighted by Gasteiger charge is 2.10. The Bertz CT molecular complexity index is 606. The molecule has 0 aliphatic rings. The smallest absolute Gasteiger partial charge is 0.319 e. The Kier molecular flexibility index (Phi) is 4.38. The van der Waals surface area contributed by atoms with Crippen LogP contribution in [0, 0.1) is 6.92 Å². The molecule has 0 atom stereocenters. The molecule has 4 heteroatoms. The lowest BCUT2D eigenvalue weighted by atomic mass is 9.99. The Labute approximate surface area is 118 Å². The predicted octanol–water partition coefficient (Wildman–Crippen LogP) is 2.91. The summed E-state index contributed by atoms with van der Waals surface area (Å²) in [4.78, 5) is 11.6. The SMILES string of the molecule is CNC(=O)Nc1c(C)cccc1-c1ccc(CO)cc1. The first-order chi connectivity index (χ1) is 9.65. The fraction of sp³-hybridized carbons (Fsp3) is 0.188. The number of carbonyl (C=O) groups is 1. The summed E-state index contributed by atoms with van der Waals surface area (Å²) in [5, 5.41) is 14.5. The lowest BCUT2D eigenvalue weighted by Crippen LogP contribution is -2.25. The minimum Gasteiger partial charge on any atom is -0.392 e. The van der Waals surface area contributed by atoms with Crippen LogP contribution in [0.2, 0.25) is 0 Å². The van der Waals surface area contributed by atoms with Gasteiger partial charge < -0.3 is 15.7 Å². The standard InChI is InChI=1S/C16H18N2O2/c1-11-4-3-5-14(15(11)18-16(20)17-2)13-8-6-12(10-19)7-9-13/h3-9,19H,10H2,1-2H3,(H2,17,18,20). The van der Waals surface area contributed by atoms with E-state index in [0.29, 0.717) is 0 Å². The average molecular weight is 270 g/mol. The molecule has 0 aliphatic carbocycles. The molecule has 2 aromatic rings. The Balaban J connectivity index is 2.44. The lowest BCUT2D eigenvalue weighted by Gasteiger charge is -2.14. The number of anilines is 1. The zero-order chi connectivity index (χ0) is 14.5. The maximum Gasteiger partial charge on any atom is 0.319 e. The van der Waals surface area contributed by atoms with Gasteiger partial charge in [0.2, 0.25) is 0 Å². The summed E-state index contributed by atoms with van der Waals surface area (Å²) in [6.45, 7) is 1.98. The molecule has 0 spiro atoms. The van der Waals surface area contributed by atoms with Crippen molar-refractivity contribution in [3.63, 3.8) is 0 Å². The van der Waals surface area contributed by atoms with E-state index in [0.717, 1.165) is 27.9 Å². The number of nitrogens with one attached hydrogen (secondary N) is 2. The summed E-state index contributed by atoms with van der Waals surface area (Å²) in [6, 6.07) is 13.3. The maximum absolute atomic E-state index is 11.6. The Morgan fingerprint density at radius 2 is 1.85 bits per heavy atom. The molecule has 0 saturated carbocycles. The molecule has 0 aromatic heterocycles. The number of rotatable bonds is 3. The summed E-state index contributed by atoms with van der Waals surface area (Å²) in [6.07, 6.45) is 0. The molecule has 20 heavy (non-hydrogen) atoms. The van der Waals surface area contributed by atoms with Crippen LogP contribution in [0.5, 0.6) is 0 Å². The van der Waals surface area contributed by atoms with Gasteiger partial charge in [-0.2, -0.15) is 0 Å². The minimum atomic E-state index is -0.243. The molecular weight excluding hydrogens is 252 g/mol. The number of aryl methyl sites for hydroxylation is 1. The van der Waals surface area contributed by atoms with Crippen LogP contribution in [-0.2, 0) is 6.61 Å². The summed E-state index contributed by atoms with van der Waals surface area (Å²) in [5.74, 6) is 0. The van der Waals surface area contributed by atoms with E-state index in [-0.39, 0.29) is 12.6 Å². The van der Waals surface area contributed by atoms with E-state index in [1.165, 1.54) is 0 Å². The number of aliphatic hydroxyl groups is 1. The van der Waals surface area contributed by atoms with E-state index in [1.807, 2.05) is 49.4 Å². The topological polar surface area (TPSA) is 61.4 Å². The van der Waals surface area contributed by atoms with Crippen molar-refractivity contribution in [3.05, 3.63) is 53.6 Å². The van der Waals surface area contributed by atoms with Crippen LogP contribution < -0.4 is 10.6 Å². The van der Waals surface area contributed by atoms with Crippen molar-refractivity contribution < 1.29 is 9.90 Å². The van der Waals surface area contributed by atoms with Crippen LogP contribution in [-0.4, -0.2) is 18.2 Å². The third kappa shape index (κ3) is 2.97. The van der Waals surface area contributed by atoms with Gasteiger partial charge in [-0.05, 0) is 23.6 Å². The number of benzene rings is 2. The van der Waals surface area contributed by atoms with Crippen molar-refractivity contribution in [1.82, 2.24) is 5.32 Å². The van der Waals surface area contributed by atoms with Crippen molar-refractivity contribution in [3.8, 4) is 11.1 Å². The monoisotopic (exact) mass is 270 g/mol. The molecule has 0 fully saturated rings. The van der Waals surface area contributed by atoms with Crippen LogP contribution in [0.1, 0.15) is 11.1 Å². The lowest BCUT2D eigenvalue weighted by molar-refractivity contribution is 0.254. The van der Waals surface area contributed by atoms with Crippen molar-refractivity contribution in [2.24, 2.45) is 0 Å². The molecule has 2 rings (SSSR count). The first kappa shape index (κ1) is 14.1. The van der Waals surface area contributed by atoms with Gasteiger partial charge in [0.25, 0.3) is 0 Å². The van der Waals surface area contributed by atoms with E-state index < -0.39 is 0 Å². The van der Waals surface area contributed by atoms with Gasteiger partial charge in [0.05, 0.1) is 12.3 Å². The zero-order valence-electron chi connectivity index (χ0n) is 11.6. The predicted molar refractivity (Wildman–Crippen MR) is 80.6 cm³/mol. The van der Waals surface area contributed by atoms with Crippen molar-refractivity contribution in [2.45, 2.75) is 13.5 Å². The highest BCUT2D eigenvalue weighted by molar-refractivity contribution is 5.95. The van der Waals surface area contributed by atoms with Gasteiger partial charge in [0, 0.05) is 12.6 Å². The van der Waals surface area contributed by atoms with Crippen LogP contribution in [0.4, 0.5) is 10.5 Å². The van der Waals surface area contributed by atoms with E-state index in [2.05, 4.69) is 10.6 Å². The molecule has 0 aliphatic heterocycles. The van der Waals surface area contributed by atoms with Crippen molar-refractivity contribution in [1.29, 1.82) is 0 Å². The molecule has 2 amide bonds. The highest BCUT2D eigenvalue weighted by atomic mass is 16.3. The fourth-order valence-corrected chi connectivity index (χ4v) is 2.04. The summed E-state index contributed by atoms with van der Waals surface area (Å²) in [5.41, 5.74) is 4.61. The maximum atomic E-state index is 11.6. The molecule has 0 radical (unpaired) electrons. The quantitative estimate of drug-likeness (QED) is 0.803. The molecule has 0 saturated heterocycles. The normalized spacial score (nSPS) is 10.2. The van der Waals surface area contributed by atoms with Gasteiger partial charge in [0.1, 0.15) is 0 Å². The van der Waals surface area contributed by atoms with Crippen molar-refractivity contribution in [2.75, 3.05) is 12.4 Å². The van der Waals surface area contributed by atoms with Crippen LogP contribution >= 0.6 is 0 Å². The second-order valence-corrected chi connectivity index (χ2v) is 4.56. The molecule has 104 valence electrons. The fourth-order valence-electron chi connectivity index (χ4n) is 2.04.